The number of hydrogen-bond acceptors (Lipinski definition) is 4. The van der Waals surface area contributed by atoms with Crippen LogP contribution >= 0.6 is 0 Å². The van der Waals surface area contributed by atoms with Gasteiger partial charge in [0.1, 0.15) is 6.04 Å². The van der Waals surface area contributed by atoms with Gasteiger partial charge in [-0.05, 0) is 29.2 Å². The van der Waals surface area contributed by atoms with E-state index >= 15 is 0 Å². The topological polar surface area (TPSA) is 98.5 Å². The second-order valence-corrected chi connectivity index (χ2v) is 6.59. The summed E-state index contributed by atoms with van der Waals surface area (Å²) in [6.45, 7) is 4.98. The van der Waals surface area contributed by atoms with Gasteiger partial charge < -0.3 is 15.8 Å². The van der Waals surface area contributed by atoms with Crippen LogP contribution in [0.2, 0.25) is 0 Å². The molecule has 0 radical (unpaired) electrons. The highest BCUT2D eigenvalue weighted by Crippen LogP contribution is 2.19. The molecule has 2 aromatic rings. The van der Waals surface area contributed by atoms with E-state index in [1.165, 1.54) is 6.92 Å². The summed E-state index contributed by atoms with van der Waals surface area (Å²) in [6, 6.07) is 12.7. The minimum Gasteiger partial charge on any atom is -0.451 e. The van der Waals surface area contributed by atoms with Gasteiger partial charge in [0.15, 0.2) is 6.10 Å². The molecule has 2 amide bonds. The molecule has 0 saturated carbocycles. The van der Waals surface area contributed by atoms with Crippen LogP contribution in [0.4, 0.5) is 0 Å². The van der Waals surface area contributed by atoms with Gasteiger partial charge in [0, 0.05) is 0 Å². The van der Waals surface area contributed by atoms with Gasteiger partial charge in [-0.25, -0.2) is 4.79 Å². The Bertz CT molecular complexity index is 811. The van der Waals surface area contributed by atoms with Crippen molar-refractivity contribution in [3.05, 3.63) is 48.0 Å². The highest BCUT2D eigenvalue weighted by molar-refractivity contribution is 5.92. The number of nitrogens with one attached hydrogen (secondary N) is 1. The van der Waals surface area contributed by atoms with Crippen LogP contribution in [0.25, 0.3) is 10.8 Å². The van der Waals surface area contributed by atoms with Crippen LogP contribution in [0.1, 0.15) is 26.3 Å². The van der Waals surface area contributed by atoms with Gasteiger partial charge in [-0.1, -0.05) is 56.3 Å². The van der Waals surface area contributed by atoms with E-state index in [0.717, 1.165) is 16.3 Å². The highest BCUT2D eigenvalue weighted by Gasteiger charge is 2.28. The first-order valence-corrected chi connectivity index (χ1v) is 8.55. The van der Waals surface area contributed by atoms with Crippen molar-refractivity contribution in [1.82, 2.24) is 5.32 Å². The van der Waals surface area contributed by atoms with Gasteiger partial charge in [0.2, 0.25) is 5.91 Å². The third-order valence-electron chi connectivity index (χ3n) is 4.16. The van der Waals surface area contributed by atoms with Crippen LogP contribution < -0.4 is 11.1 Å². The van der Waals surface area contributed by atoms with Crippen LogP contribution in [0, 0.1) is 5.92 Å². The summed E-state index contributed by atoms with van der Waals surface area (Å²) in [7, 11) is 0. The average Bonchev–Trinajstić information content (AvgIpc) is 2.59. The number of esters is 1. The molecular formula is C20H24N2O4. The SMILES string of the molecule is CC(C)[C@H](NC(=O)Cc1cccc2ccccc12)C(=O)O[C@@H](C)C(N)=O. The van der Waals surface area contributed by atoms with Crippen LogP contribution in [0.15, 0.2) is 42.5 Å². The van der Waals surface area contributed by atoms with Gasteiger partial charge in [0.25, 0.3) is 5.91 Å². The molecule has 0 fully saturated rings. The summed E-state index contributed by atoms with van der Waals surface area (Å²) in [5.41, 5.74) is 5.99. The normalized spacial score (nSPS) is 13.2. The summed E-state index contributed by atoms with van der Waals surface area (Å²) >= 11 is 0. The Morgan fingerprint density at radius 1 is 1.04 bits per heavy atom. The van der Waals surface area contributed by atoms with Crippen molar-refractivity contribution < 1.29 is 19.1 Å². The minimum atomic E-state index is -1.04. The first kappa shape index (κ1) is 19.4. The molecule has 2 rings (SSSR count). The molecule has 0 aliphatic heterocycles. The standard InChI is InChI=1S/C20H24N2O4/c1-12(2)18(20(25)26-13(3)19(21)24)22-17(23)11-15-9-6-8-14-7-4-5-10-16(14)15/h4-10,12-13,18H,11H2,1-3H3,(H2,21,24)(H,22,23)/t13-,18-/m0/s1. The third-order valence-corrected chi connectivity index (χ3v) is 4.16. The van der Waals surface area contributed by atoms with Crippen molar-refractivity contribution in [1.29, 1.82) is 0 Å². The molecule has 26 heavy (non-hydrogen) atoms. The predicted molar refractivity (Wildman–Crippen MR) is 99.2 cm³/mol. The summed E-state index contributed by atoms with van der Waals surface area (Å²) in [5, 5.41) is 4.75. The third kappa shape index (κ3) is 4.81. The fraction of sp³-hybridized carbons (Fsp3) is 0.350. The van der Waals surface area contributed by atoms with Crippen LogP contribution in [0.5, 0.6) is 0 Å². The van der Waals surface area contributed by atoms with Crippen molar-refractivity contribution in [3.63, 3.8) is 0 Å². The van der Waals surface area contributed by atoms with E-state index in [1.54, 1.807) is 13.8 Å². The summed E-state index contributed by atoms with van der Waals surface area (Å²) in [5.74, 6) is -1.89. The second-order valence-electron chi connectivity index (χ2n) is 6.59. The zero-order valence-electron chi connectivity index (χ0n) is 15.2. The number of carbonyl (C=O) groups is 3. The molecule has 0 saturated heterocycles. The Kier molecular flexibility index (Phi) is 6.33. The summed E-state index contributed by atoms with van der Waals surface area (Å²) in [4.78, 5) is 35.8. The lowest BCUT2D eigenvalue weighted by Gasteiger charge is -2.22. The first-order valence-electron chi connectivity index (χ1n) is 8.55. The monoisotopic (exact) mass is 356 g/mol. The van der Waals surface area contributed by atoms with Gasteiger partial charge in [-0.2, -0.15) is 0 Å². The smallest absolute Gasteiger partial charge is 0.329 e. The molecule has 2 aromatic carbocycles. The molecular weight excluding hydrogens is 332 g/mol. The lowest BCUT2D eigenvalue weighted by molar-refractivity contribution is -0.157. The predicted octanol–water partition coefficient (Wildman–Crippen LogP) is 1.94. The van der Waals surface area contributed by atoms with Crippen LogP contribution in [0.3, 0.4) is 0 Å². The van der Waals surface area contributed by atoms with Crippen molar-refractivity contribution in [3.8, 4) is 0 Å². The lowest BCUT2D eigenvalue weighted by Crippen LogP contribution is -2.47. The van der Waals surface area contributed by atoms with Gasteiger partial charge >= 0.3 is 5.97 Å². The van der Waals surface area contributed by atoms with Gasteiger partial charge in [-0.3, -0.25) is 9.59 Å². The quantitative estimate of drug-likeness (QED) is 0.741. The number of primary amides is 1. The molecule has 6 heteroatoms. The van der Waals surface area contributed by atoms with E-state index in [1.807, 2.05) is 42.5 Å². The Balaban J connectivity index is 2.10. The Labute approximate surface area is 152 Å². The molecule has 2 atom stereocenters. The van der Waals surface area contributed by atoms with Gasteiger partial charge in [-0.15, -0.1) is 0 Å². The van der Waals surface area contributed by atoms with Crippen molar-refractivity contribution in [2.45, 2.75) is 39.3 Å². The van der Waals surface area contributed by atoms with E-state index in [-0.39, 0.29) is 18.2 Å². The van der Waals surface area contributed by atoms with Crippen LogP contribution in [-0.2, 0) is 25.5 Å². The Hall–Kier alpha value is -2.89. The number of benzene rings is 2. The molecule has 0 unspecified atom stereocenters. The number of fused-ring (bicyclic) bond motifs is 1. The van der Waals surface area contributed by atoms with Gasteiger partial charge in [0.05, 0.1) is 6.42 Å². The molecule has 3 N–H and O–H groups in total. The Morgan fingerprint density at radius 3 is 2.35 bits per heavy atom. The molecule has 0 heterocycles. The van der Waals surface area contributed by atoms with E-state index in [2.05, 4.69) is 5.32 Å². The largest absolute Gasteiger partial charge is 0.451 e. The molecule has 6 nitrogen and oxygen atoms in total. The van der Waals surface area contributed by atoms with E-state index in [0.29, 0.717) is 0 Å². The molecule has 0 aromatic heterocycles. The molecule has 0 aliphatic carbocycles. The fourth-order valence-corrected chi connectivity index (χ4v) is 2.65. The summed E-state index contributed by atoms with van der Waals surface area (Å²) < 4.78 is 5.03. The van der Waals surface area contributed by atoms with E-state index < -0.39 is 24.0 Å². The molecule has 0 spiro atoms. The maximum absolute atomic E-state index is 12.5. The highest BCUT2D eigenvalue weighted by atomic mass is 16.5. The number of carbonyl (C=O) groups excluding carboxylic acids is 3. The zero-order chi connectivity index (χ0) is 19.3. The maximum atomic E-state index is 12.5. The number of ether oxygens (including phenoxy) is 1. The maximum Gasteiger partial charge on any atom is 0.329 e. The summed E-state index contributed by atoms with van der Waals surface area (Å²) in [6.07, 6.45) is -0.901. The van der Waals surface area contributed by atoms with Crippen molar-refractivity contribution in [2.75, 3.05) is 0 Å². The zero-order valence-corrected chi connectivity index (χ0v) is 15.2. The molecule has 138 valence electrons. The molecule has 0 aliphatic rings. The van der Waals surface area contributed by atoms with E-state index in [9.17, 15) is 14.4 Å². The first-order chi connectivity index (χ1) is 12.3. The number of hydrogen-bond donors (Lipinski definition) is 2. The second kappa shape index (κ2) is 8.47. The lowest BCUT2D eigenvalue weighted by atomic mass is 10.0. The van der Waals surface area contributed by atoms with Crippen molar-refractivity contribution in [2.24, 2.45) is 11.7 Å². The minimum absolute atomic E-state index is 0.142. The molecule has 0 bridgehead atoms. The number of rotatable bonds is 7. The number of nitrogens with two attached hydrogens (primary N) is 1. The van der Waals surface area contributed by atoms with Crippen LogP contribution in [-0.4, -0.2) is 29.9 Å². The van der Waals surface area contributed by atoms with E-state index in [4.69, 9.17) is 10.5 Å². The fourth-order valence-electron chi connectivity index (χ4n) is 2.65. The average molecular weight is 356 g/mol. The number of amides is 2. The Morgan fingerprint density at radius 2 is 1.69 bits per heavy atom. The van der Waals surface area contributed by atoms with Crippen molar-refractivity contribution >= 4 is 28.6 Å².